The quantitative estimate of drug-likeness (QED) is 0.449. The number of carbonyl (C=O) groups is 1. The van der Waals surface area contributed by atoms with Gasteiger partial charge in [-0.05, 0) is 57.3 Å². The number of benzene rings is 1. The van der Waals surface area contributed by atoms with E-state index in [0.717, 1.165) is 37.3 Å². The van der Waals surface area contributed by atoms with Crippen LogP contribution in [0.1, 0.15) is 18.9 Å². The van der Waals surface area contributed by atoms with Crippen molar-refractivity contribution in [3.63, 3.8) is 0 Å². The molecule has 3 aromatic rings. The maximum Gasteiger partial charge on any atom is 0.247 e. The van der Waals surface area contributed by atoms with Crippen LogP contribution in [0.4, 0.5) is 28.8 Å². The Bertz CT molecular complexity index is 1120. The fourth-order valence-electron chi connectivity index (χ4n) is 3.67. The normalized spacial score (nSPS) is 14.5. The van der Waals surface area contributed by atoms with Crippen molar-refractivity contribution in [2.75, 3.05) is 43.2 Å². The zero-order chi connectivity index (χ0) is 23.2. The number of anilines is 5. The minimum atomic E-state index is -0.279. The van der Waals surface area contributed by atoms with Gasteiger partial charge in [-0.2, -0.15) is 10.1 Å². The molecular formula is C23H28N8O2. The van der Waals surface area contributed by atoms with Crippen LogP contribution in [-0.4, -0.2) is 57.8 Å². The highest BCUT2D eigenvalue weighted by Crippen LogP contribution is 2.28. The van der Waals surface area contributed by atoms with Gasteiger partial charge in [0.05, 0.1) is 31.2 Å². The molecule has 1 fully saturated rings. The van der Waals surface area contributed by atoms with Gasteiger partial charge >= 0.3 is 0 Å². The van der Waals surface area contributed by atoms with Crippen molar-refractivity contribution in [1.29, 1.82) is 0 Å². The van der Waals surface area contributed by atoms with Crippen LogP contribution >= 0.6 is 0 Å². The van der Waals surface area contributed by atoms with Crippen molar-refractivity contribution in [1.82, 2.24) is 24.6 Å². The molecule has 1 amide bonds. The molecule has 4 rings (SSSR count). The second kappa shape index (κ2) is 10.1. The summed E-state index contributed by atoms with van der Waals surface area (Å²) in [6, 6.07) is 7.68. The van der Waals surface area contributed by atoms with Crippen LogP contribution in [0.25, 0.3) is 0 Å². The third-order valence-corrected chi connectivity index (χ3v) is 5.47. The van der Waals surface area contributed by atoms with Crippen LogP contribution in [0.15, 0.2) is 55.5 Å². The van der Waals surface area contributed by atoms with E-state index in [0.29, 0.717) is 29.2 Å². The Hall–Kier alpha value is -3.92. The van der Waals surface area contributed by atoms with Gasteiger partial charge in [0.2, 0.25) is 11.9 Å². The molecule has 0 saturated carbocycles. The highest BCUT2D eigenvalue weighted by Gasteiger charge is 2.19. The lowest BCUT2D eigenvalue weighted by Crippen LogP contribution is -2.31. The second-order valence-corrected chi connectivity index (χ2v) is 7.88. The summed E-state index contributed by atoms with van der Waals surface area (Å²) >= 11 is 0. The number of ether oxygens (including phenoxy) is 1. The maximum absolute atomic E-state index is 11.6. The minimum Gasteiger partial charge on any atom is -0.491 e. The van der Waals surface area contributed by atoms with E-state index >= 15 is 0 Å². The number of nitrogens with zero attached hydrogens (tertiary/aromatic N) is 5. The SMILES string of the molecule is C=CC(=O)Nc1cccc(Nc2nc(Nc3cnn(C4CCN(C)CC4)c3)ncc2OC)c1. The number of hydrogen-bond acceptors (Lipinski definition) is 8. The van der Waals surface area contributed by atoms with Gasteiger partial charge in [-0.15, -0.1) is 0 Å². The van der Waals surface area contributed by atoms with Crippen molar-refractivity contribution in [2.24, 2.45) is 0 Å². The Morgan fingerprint density at radius 3 is 2.73 bits per heavy atom. The van der Waals surface area contributed by atoms with Gasteiger partial charge in [0.15, 0.2) is 11.6 Å². The van der Waals surface area contributed by atoms with Crippen LogP contribution < -0.4 is 20.7 Å². The predicted molar refractivity (Wildman–Crippen MR) is 128 cm³/mol. The average Bonchev–Trinajstić information content (AvgIpc) is 3.28. The maximum atomic E-state index is 11.6. The molecule has 10 nitrogen and oxygen atoms in total. The van der Waals surface area contributed by atoms with Crippen LogP contribution in [0.5, 0.6) is 5.75 Å². The van der Waals surface area contributed by atoms with Gasteiger partial charge in [0, 0.05) is 17.6 Å². The number of aromatic nitrogens is 4. The highest BCUT2D eigenvalue weighted by atomic mass is 16.5. The topological polar surface area (TPSA) is 109 Å². The Balaban J connectivity index is 1.48. The molecule has 3 N–H and O–H groups in total. The summed E-state index contributed by atoms with van der Waals surface area (Å²) in [6.45, 7) is 5.61. The minimum absolute atomic E-state index is 0.279. The molecule has 3 heterocycles. The molecule has 2 aromatic heterocycles. The van der Waals surface area contributed by atoms with Gasteiger partial charge in [0.25, 0.3) is 0 Å². The Kier molecular flexibility index (Phi) is 6.84. The molecule has 1 saturated heterocycles. The molecule has 172 valence electrons. The molecule has 1 aromatic carbocycles. The smallest absolute Gasteiger partial charge is 0.247 e. The summed E-state index contributed by atoms with van der Waals surface area (Å²) < 4.78 is 7.42. The van der Waals surface area contributed by atoms with E-state index in [1.54, 1.807) is 31.6 Å². The van der Waals surface area contributed by atoms with Crippen LogP contribution in [0.3, 0.4) is 0 Å². The molecule has 0 spiro atoms. The average molecular weight is 449 g/mol. The lowest BCUT2D eigenvalue weighted by Gasteiger charge is -2.28. The summed E-state index contributed by atoms with van der Waals surface area (Å²) in [5.41, 5.74) is 2.19. The van der Waals surface area contributed by atoms with E-state index in [1.165, 1.54) is 6.08 Å². The monoisotopic (exact) mass is 448 g/mol. The predicted octanol–water partition coefficient (Wildman–Crippen LogP) is 3.56. The number of likely N-dealkylation sites (tertiary alicyclic amines) is 1. The molecule has 33 heavy (non-hydrogen) atoms. The molecule has 0 aliphatic carbocycles. The Morgan fingerprint density at radius 1 is 1.18 bits per heavy atom. The van der Waals surface area contributed by atoms with Crippen molar-refractivity contribution in [3.8, 4) is 5.75 Å². The molecule has 1 aliphatic rings. The number of rotatable bonds is 8. The van der Waals surface area contributed by atoms with Gasteiger partial charge in [0.1, 0.15) is 0 Å². The van der Waals surface area contributed by atoms with E-state index < -0.39 is 0 Å². The van der Waals surface area contributed by atoms with E-state index in [-0.39, 0.29) is 5.91 Å². The van der Waals surface area contributed by atoms with Crippen molar-refractivity contribution >= 4 is 34.7 Å². The summed E-state index contributed by atoms with van der Waals surface area (Å²) in [6.07, 6.45) is 8.75. The first-order chi connectivity index (χ1) is 16.0. The van der Waals surface area contributed by atoms with Crippen molar-refractivity contribution in [3.05, 3.63) is 55.5 Å². The summed E-state index contributed by atoms with van der Waals surface area (Å²) in [7, 11) is 3.70. The van der Waals surface area contributed by atoms with E-state index in [2.05, 4.69) is 49.5 Å². The molecule has 10 heteroatoms. The Labute approximate surface area is 192 Å². The standard InChI is InChI=1S/C23H28N8O2/c1-4-21(32)26-16-6-5-7-17(12-16)27-22-20(33-3)14-24-23(29-22)28-18-13-25-31(15-18)19-8-10-30(2)11-9-19/h4-7,12-15,19H,1,8-11H2,2-3H3,(H,26,32)(H2,24,27,28,29). The van der Waals surface area contributed by atoms with Crippen LogP contribution in [0, 0.1) is 0 Å². The molecule has 0 radical (unpaired) electrons. The fraction of sp³-hybridized carbons (Fsp3) is 0.304. The van der Waals surface area contributed by atoms with Gasteiger partial charge in [-0.25, -0.2) is 4.98 Å². The summed E-state index contributed by atoms with van der Waals surface area (Å²) in [4.78, 5) is 22.8. The Morgan fingerprint density at radius 2 is 1.97 bits per heavy atom. The molecule has 1 aliphatic heterocycles. The van der Waals surface area contributed by atoms with Crippen LogP contribution in [-0.2, 0) is 4.79 Å². The number of carbonyl (C=O) groups excluding carboxylic acids is 1. The van der Waals surface area contributed by atoms with Crippen molar-refractivity contribution in [2.45, 2.75) is 18.9 Å². The summed E-state index contributed by atoms with van der Waals surface area (Å²) in [5, 5.41) is 13.7. The van der Waals surface area contributed by atoms with E-state index in [4.69, 9.17) is 4.74 Å². The number of methoxy groups -OCH3 is 1. The first-order valence-electron chi connectivity index (χ1n) is 10.8. The van der Waals surface area contributed by atoms with Gasteiger partial charge in [-0.3, -0.25) is 9.48 Å². The van der Waals surface area contributed by atoms with E-state index in [1.807, 2.05) is 23.0 Å². The number of nitrogens with one attached hydrogen (secondary N) is 3. The van der Waals surface area contributed by atoms with Crippen LogP contribution in [0.2, 0.25) is 0 Å². The highest BCUT2D eigenvalue weighted by molar-refractivity contribution is 5.99. The van der Waals surface area contributed by atoms with E-state index in [9.17, 15) is 4.79 Å². The fourth-order valence-corrected chi connectivity index (χ4v) is 3.67. The van der Waals surface area contributed by atoms with Gasteiger partial charge in [-0.1, -0.05) is 12.6 Å². The molecule has 0 bridgehead atoms. The lowest BCUT2D eigenvalue weighted by atomic mass is 10.1. The lowest BCUT2D eigenvalue weighted by molar-refractivity contribution is -0.111. The largest absolute Gasteiger partial charge is 0.491 e. The zero-order valence-corrected chi connectivity index (χ0v) is 18.8. The molecule has 0 atom stereocenters. The molecular weight excluding hydrogens is 420 g/mol. The van der Waals surface area contributed by atoms with Crippen molar-refractivity contribution < 1.29 is 9.53 Å². The number of hydrogen-bond donors (Lipinski definition) is 3. The van der Waals surface area contributed by atoms with Gasteiger partial charge < -0.3 is 25.6 Å². The molecule has 0 unspecified atom stereocenters. The number of amides is 1. The third-order valence-electron chi connectivity index (χ3n) is 5.47. The first kappa shape index (κ1) is 22.3. The first-order valence-corrected chi connectivity index (χ1v) is 10.8. The third kappa shape index (κ3) is 5.66. The summed E-state index contributed by atoms with van der Waals surface area (Å²) in [5.74, 6) is 1.12. The second-order valence-electron chi connectivity index (χ2n) is 7.88. The zero-order valence-electron chi connectivity index (χ0n) is 18.8. The number of piperidine rings is 1.